The van der Waals surface area contributed by atoms with Crippen molar-refractivity contribution in [1.29, 1.82) is 0 Å². The summed E-state index contributed by atoms with van der Waals surface area (Å²) in [7, 11) is -3.89. The summed E-state index contributed by atoms with van der Waals surface area (Å²) in [5.41, 5.74) is 28.2. The minimum Gasteiger partial charge on any atom is -0.399 e. The number of sulfone groups is 1. The van der Waals surface area contributed by atoms with Gasteiger partial charge < -0.3 is 22.9 Å². The molecule has 0 bridgehead atoms. The van der Waals surface area contributed by atoms with Gasteiger partial charge in [0.1, 0.15) is 10.5 Å². The highest BCUT2D eigenvalue weighted by atomic mass is 32.2. The topological polar surface area (TPSA) is 138 Å². The van der Waals surface area contributed by atoms with Crippen LogP contribution in [0.15, 0.2) is 97.1 Å². The molecule has 0 spiro atoms. The molecule has 0 aliphatic carbocycles. The van der Waals surface area contributed by atoms with Crippen LogP contribution >= 0.6 is 0 Å². The molecule has 6 nitrogen and oxygen atoms in total. The van der Waals surface area contributed by atoms with Gasteiger partial charge in [-0.05, 0) is 70.8 Å². The number of rotatable bonds is 6. The number of benzene rings is 4. The van der Waals surface area contributed by atoms with Gasteiger partial charge in [0.25, 0.3) is 0 Å². The van der Waals surface area contributed by atoms with Crippen LogP contribution in [-0.2, 0) is 9.84 Å². The third kappa shape index (κ3) is 4.63. The second-order valence-corrected chi connectivity index (χ2v) is 10.1. The highest BCUT2D eigenvalue weighted by Gasteiger charge is 2.38. The fourth-order valence-corrected chi connectivity index (χ4v) is 6.38. The predicted molar refractivity (Wildman–Crippen MR) is 136 cm³/mol. The van der Waals surface area contributed by atoms with E-state index in [1.54, 1.807) is 97.1 Å². The van der Waals surface area contributed by atoms with E-state index in [9.17, 15) is 8.42 Å². The van der Waals surface area contributed by atoms with E-state index in [1.807, 2.05) is 0 Å². The fraction of sp³-hybridized carbons (Fsp3) is 0.0769. The van der Waals surface area contributed by atoms with Gasteiger partial charge in [0.05, 0.1) is 0 Å². The van der Waals surface area contributed by atoms with Gasteiger partial charge in [0, 0.05) is 22.7 Å². The van der Waals surface area contributed by atoms with E-state index in [0.29, 0.717) is 45.0 Å². The standard InChI is InChI=1S/C26H26N4O2S/c27-21-9-1-17(2-10-21)25(18-3-11-22(28)12-4-18)33(31,32)26(19-5-13-23(29)14-6-19)20-7-15-24(30)16-8-20/h1-16,25-26H,27-30H2. The van der Waals surface area contributed by atoms with Crippen molar-refractivity contribution in [3.8, 4) is 0 Å². The van der Waals surface area contributed by atoms with Gasteiger partial charge in [0.15, 0.2) is 9.84 Å². The Kier molecular flexibility index (Phi) is 5.98. The van der Waals surface area contributed by atoms with Crippen molar-refractivity contribution in [2.24, 2.45) is 0 Å². The molecule has 0 atom stereocenters. The molecular weight excluding hydrogens is 432 g/mol. The average Bonchev–Trinajstić information content (AvgIpc) is 2.79. The van der Waals surface area contributed by atoms with E-state index in [0.717, 1.165) is 0 Å². The van der Waals surface area contributed by atoms with Crippen LogP contribution in [-0.4, -0.2) is 8.42 Å². The van der Waals surface area contributed by atoms with Gasteiger partial charge in [-0.1, -0.05) is 48.5 Å². The van der Waals surface area contributed by atoms with Gasteiger partial charge in [-0.2, -0.15) is 0 Å². The summed E-state index contributed by atoms with van der Waals surface area (Å²) >= 11 is 0. The van der Waals surface area contributed by atoms with Gasteiger partial charge >= 0.3 is 0 Å². The van der Waals surface area contributed by atoms with Crippen LogP contribution in [0.5, 0.6) is 0 Å². The first kappa shape index (κ1) is 22.2. The molecule has 0 saturated heterocycles. The maximum absolute atomic E-state index is 14.4. The summed E-state index contributed by atoms with van der Waals surface area (Å²) < 4.78 is 28.9. The van der Waals surface area contributed by atoms with Gasteiger partial charge in [-0.25, -0.2) is 8.42 Å². The van der Waals surface area contributed by atoms with Gasteiger partial charge in [0.2, 0.25) is 0 Å². The molecule has 0 aliphatic rings. The maximum atomic E-state index is 14.4. The molecule has 0 aromatic heterocycles. The number of anilines is 4. The van der Waals surface area contributed by atoms with E-state index in [-0.39, 0.29) is 0 Å². The highest BCUT2D eigenvalue weighted by molar-refractivity contribution is 7.92. The Balaban J connectivity index is 1.95. The zero-order valence-electron chi connectivity index (χ0n) is 17.9. The van der Waals surface area contributed by atoms with Gasteiger partial charge in [-0.15, -0.1) is 0 Å². The molecule has 168 valence electrons. The highest BCUT2D eigenvalue weighted by Crippen LogP contribution is 2.42. The smallest absolute Gasteiger partial charge is 0.172 e. The van der Waals surface area contributed by atoms with Crippen molar-refractivity contribution in [3.63, 3.8) is 0 Å². The Bertz CT molecular complexity index is 1140. The number of hydrogen-bond acceptors (Lipinski definition) is 6. The molecule has 0 radical (unpaired) electrons. The van der Waals surface area contributed by atoms with E-state index >= 15 is 0 Å². The summed E-state index contributed by atoms with van der Waals surface area (Å²) in [5.74, 6) is 0. The predicted octanol–water partition coefficient (Wildman–Crippen LogP) is 4.31. The van der Waals surface area contributed by atoms with Gasteiger partial charge in [-0.3, -0.25) is 0 Å². The normalized spacial score (nSPS) is 11.7. The lowest BCUT2D eigenvalue weighted by atomic mass is 10.0. The van der Waals surface area contributed by atoms with Crippen LogP contribution < -0.4 is 22.9 Å². The van der Waals surface area contributed by atoms with E-state index < -0.39 is 20.3 Å². The van der Waals surface area contributed by atoms with Crippen molar-refractivity contribution in [2.75, 3.05) is 22.9 Å². The SMILES string of the molecule is Nc1ccc(C(c2ccc(N)cc2)S(=O)(=O)C(c2ccc(N)cc2)c2ccc(N)cc2)cc1. The first-order chi connectivity index (χ1) is 15.8. The van der Waals surface area contributed by atoms with Crippen molar-refractivity contribution in [2.45, 2.75) is 10.5 Å². The Hall–Kier alpha value is -3.97. The first-order valence-electron chi connectivity index (χ1n) is 10.4. The molecule has 7 heteroatoms. The zero-order valence-corrected chi connectivity index (χ0v) is 18.7. The lowest BCUT2D eigenvalue weighted by Crippen LogP contribution is -2.23. The minimum absolute atomic E-state index is 0.556. The summed E-state index contributed by atoms with van der Waals surface area (Å²) in [5, 5.41) is -1.89. The Morgan fingerprint density at radius 3 is 0.758 bits per heavy atom. The van der Waals surface area contributed by atoms with Crippen molar-refractivity contribution in [3.05, 3.63) is 119 Å². The number of nitrogens with two attached hydrogens (primary N) is 4. The Morgan fingerprint density at radius 1 is 0.394 bits per heavy atom. The Morgan fingerprint density at radius 2 is 0.576 bits per heavy atom. The summed E-state index contributed by atoms with van der Waals surface area (Å²) in [6.07, 6.45) is 0. The van der Waals surface area contributed by atoms with Crippen molar-refractivity contribution < 1.29 is 8.42 Å². The van der Waals surface area contributed by atoms with Crippen molar-refractivity contribution >= 4 is 32.6 Å². The molecule has 4 aromatic carbocycles. The van der Waals surface area contributed by atoms with E-state index in [2.05, 4.69) is 0 Å². The van der Waals surface area contributed by atoms with Crippen LogP contribution in [0.2, 0.25) is 0 Å². The second-order valence-electron chi connectivity index (χ2n) is 8.02. The molecule has 0 amide bonds. The van der Waals surface area contributed by atoms with E-state index in [4.69, 9.17) is 22.9 Å². The molecule has 4 rings (SSSR count). The molecule has 0 unspecified atom stereocenters. The molecule has 0 heterocycles. The molecular formula is C26H26N4O2S. The minimum atomic E-state index is -3.89. The molecule has 4 aromatic rings. The summed E-state index contributed by atoms with van der Waals surface area (Å²) in [6, 6.07) is 27.6. The molecule has 0 fully saturated rings. The number of hydrogen-bond donors (Lipinski definition) is 4. The van der Waals surface area contributed by atoms with Crippen LogP contribution in [0.25, 0.3) is 0 Å². The maximum Gasteiger partial charge on any atom is 0.172 e. The monoisotopic (exact) mass is 458 g/mol. The molecule has 0 aliphatic heterocycles. The molecule has 0 saturated carbocycles. The second kappa shape index (κ2) is 8.88. The summed E-state index contributed by atoms with van der Waals surface area (Å²) in [4.78, 5) is 0. The van der Waals surface area contributed by atoms with Crippen LogP contribution in [0.4, 0.5) is 22.7 Å². The van der Waals surface area contributed by atoms with Crippen LogP contribution in [0.3, 0.4) is 0 Å². The molecule has 33 heavy (non-hydrogen) atoms. The Labute approximate surface area is 193 Å². The number of nitrogen functional groups attached to an aromatic ring is 4. The van der Waals surface area contributed by atoms with E-state index in [1.165, 1.54) is 0 Å². The third-order valence-corrected chi connectivity index (χ3v) is 8.02. The van der Waals surface area contributed by atoms with Crippen LogP contribution in [0.1, 0.15) is 32.8 Å². The zero-order chi connectivity index (χ0) is 23.6. The first-order valence-corrected chi connectivity index (χ1v) is 12.0. The molecule has 8 N–H and O–H groups in total. The average molecular weight is 459 g/mol. The summed E-state index contributed by atoms with van der Waals surface area (Å²) in [6.45, 7) is 0. The lowest BCUT2D eigenvalue weighted by molar-refractivity contribution is 0.582. The largest absolute Gasteiger partial charge is 0.399 e. The fourth-order valence-electron chi connectivity index (χ4n) is 3.96. The van der Waals surface area contributed by atoms with Crippen LogP contribution in [0, 0.1) is 0 Å². The van der Waals surface area contributed by atoms with Crippen molar-refractivity contribution in [1.82, 2.24) is 0 Å². The quantitative estimate of drug-likeness (QED) is 0.318. The third-order valence-electron chi connectivity index (χ3n) is 5.61. The lowest BCUT2D eigenvalue weighted by Gasteiger charge is -2.26.